The van der Waals surface area contributed by atoms with Crippen LogP contribution in [-0.4, -0.2) is 6.61 Å². The van der Waals surface area contributed by atoms with Crippen molar-refractivity contribution in [1.29, 1.82) is 0 Å². The van der Waals surface area contributed by atoms with E-state index in [4.69, 9.17) is 4.74 Å². The SMILES string of the molecule is CCOc1ccc(Br)cc1C(Br)c1ccccc1Br. The van der Waals surface area contributed by atoms with Crippen LogP contribution in [0.3, 0.4) is 0 Å². The molecular formula is C15H13Br3O. The van der Waals surface area contributed by atoms with E-state index in [1.54, 1.807) is 0 Å². The molecule has 1 unspecified atom stereocenters. The monoisotopic (exact) mass is 446 g/mol. The summed E-state index contributed by atoms with van der Waals surface area (Å²) in [5, 5.41) is 0. The third-order valence-corrected chi connectivity index (χ3v) is 4.92. The molecule has 0 fully saturated rings. The smallest absolute Gasteiger partial charge is 0.124 e. The Balaban J connectivity index is 2.45. The van der Waals surface area contributed by atoms with Crippen LogP contribution in [0.15, 0.2) is 51.4 Å². The highest BCUT2D eigenvalue weighted by atomic mass is 79.9. The standard InChI is InChI=1S/C15H13Br3O/c1-2-19-14-8-7-10(16)9-12(14)15(18)11-5-3-4-6-13(11)17/h3-9,15H,2H2,1H3. The molecule has 0 heterocycles. The molecule has 0 saturated heterocycles. The van der Waals surface area contributed by atoms with E-state index in [1.165, 1.54) is 5.56 Å². The van der Waals surface area contributed by atoms with Crippen LogP contribution in [0.1, 0.15) is 22.9 Å². The molecule has 1 nitrogen and oxygen atoms in total. The van der Waals surface area contributed by atoms with Gasteiger partial charge in [0.25, 0.3) is 0 Å². The quantitative estimate of drug-likeness (QED) is 0.514. The van der Waals surface area contributed by atoms with Crippen molar-refractivity contribution in [2.45, 2.75) is 11.8 Å². The van der Waals surface area contributed by atoms with Gasteiger partial charge in [-0.05, 0) is 36.8 Å². The Hall–Kier alpha value is -0.320. The van der Waals surface area contributed by atoms with Crippen molar-refractivity contribution in [3.63, 3.8) is 0 Å². The Labute approximate surface area is 138 Å². The number of benzene rings is 2. The maximum absolute atomic E-state index is 5.71. The van der Waals surface area contributed by atoms with Gasteiger partial charge in [-0.3, -0.25) is 0 Å². The van der Waals surface area contributed by atoms with Crippen molar-refractivity contribution in [3.8, 4) is 5.75 Å². The Morgan fingerprint density at radius 1 is 1.05 bits per heavy atom. The van der Waals surface area contributed by atoms with Gasteiger partial charge in [0, 0.05) is 14.5 Å². The maximum Gasteiger partial charge on any atom is 0.124 e. The molecule has 0 amide bonds. The van der Waals surface area contributed by atoms with Gasteiger partial charge < -0.3 is 4.74 Å². The van der Waals surface area contributed by atoms with Crippen LogP contribution in [-0.2, 0) is 0 Å². The van der Waals surface area contributed by atoms with Gasteiger partial charge in [-0.2, -0.15) is 0 Å². The first-order chi connectivity index (χ1) is 9.13. The van der Waals surface area contributed by atoms with E-state index in [9.17, 15) is 0 Å². The molecular weight excluding hydrogens is 436 g/mol. The molecule has 2 aromatic carbocycles. The number of halogens is 3. The summed E-state index contributed by atoms with van der Waals surface area (Å²) in [6.07, 6.45) is 0. The van der Waals surface area contributed by atoms with E-state index in [-0.39, 0.29) is 4.83 Å². The minimum Gasteiger partial charge on any atom is -0.494 e. The van der Waals surface area contributed by atoms with Crippen LogP contribution in [0.2, 0.25) is 0 Å². The lowest BCUT2D eigenvalue weighted by atomic mass is 10.0. The average molecular weight is 449 g/mol. The summed E-state index contributed by atoms with van der Waals surface area (Å²) in [5.41, 5.74) is 2.30. The molecule has 100 valence electrons. The summed E-state index contributed by atoms with van der Waals surface area (Å²) in [5.74, 6) is 0.906. The fraction of sp³-hybridized carbons (Fsp3) is 0.200. The lowest BCUT2D eigenvalue weighted by molar-refractivity contribution is 0.337. The molecule has 0 aliphatic carbocycles. The number of ether oxygens (including phenoxy) is 1. The molecule has 1 atom stereocenters. The second-order valence-corrected chi connectivity index (χ2v) is 6.68. The van der Waals surface area contributed by atoms with Crippen molar-refractivity contribution in [2.75, 3.05) is 6.61 Å². The lowest BCUT2D eigenvalue weighted by Crippen LogP contribution is -2.00. The zero-order chi connectivity index (χ0) is 13.8. The molecule has 0 N–H and O–H groups in total. The van der Waals surface area contributed by atoms with Gasteiger partial charge in [-0.1, -0.05) is 66.0 Å². The summed E-state index contributed by atoms with van der Waals surface area (Å²) >= 11 is 10.9. The molecule has 0 bridgehead atoms. The molecule has 0 aliphatic heterocycles. The van der Waals surface area contributed by atoms with E-state index in [2.05, 4.69) is 59.9 Å². The number of rotatable bonds is 4. The maximum atomic E-state index is 5.71. The molecule has 0 radical (unpaired) electrons. The van der Waals surface area contributed by atoms with E-state index in [0.29, 0.717) is 6.61 Å². The van der Waals surface area contributed by atoms with Crippen LogP contribution in [0.5, 0.6) is 5.75 Å². The van der Waals surface area contributed by atoms with Gasteiger partial charge in [0.05, 0.1) is 11.4 Å². The highest BCUT2D eigenvalue weighted by molar-refractivity contribution is 9.11. The fourth-order valence-electron chi connectivity index (χ4n) is 1.85. The lowest BCUT2D eigenvalue weighted by Gasteiger charge is -2.17. The van der Waals surface area contributed by atoms with Gasteiger partial charge in [0.15, 0.2) is 0 Å². The van der Waals surface area contributed by atoms with Crippen molar-refractivity contribution >= 4 is 47.8 Å². The topological polar surface area (TPSA) is 9.23 Å². The van der Waals surface area contributed by atoms with Gasteiger partial charge >= 0.3 is 0 Å². The van der Waals surface area contributed by atoms with E-state index in [0.717, 1.165) is 20.3 Å². The summed E-state index contributed by atoms with van der Waals surface area (Å²) in [6.45, 7) is 2.65. The minimum absolute atomic E-state index is 0.0853. The first-order valence-electron chi connectivity index (χ1n) is 5.94. The van der Waals surface area contributed by atoms with Crippen molar-refractivity contribution < 1.29 is 4.74 Å². The summed E-state index contributed by atoms with van der Waals surface area (Å²) in [4.78, 5) is 0.0853. The van der Waals surface area contributed by atoms with E-state index in [1.807, 2.05) is 37.3 Å². The minimum atomic E-state index is 0.0853. The van der Waals surface area contributed by atoms with Crippen LogP contribution < -0.4 is 4.74 Å². The van der Waals surface area contributed by atoms with Crippen LogP contribution in [0, 0.1) is 0 Å². The molecule has 0 saturated carbocycles. The second kappa shape index (κ2) is 6.91. The highest BCUT2D eigenvalue weighted by Crippen LogP contribution is 2.40. The number of hydrogen-bond acceptors (Lipinski definition) is 1. The molecule has 19 heavy (non-hydrogen) atoms. The average Bonchev–Trinajstić information content (AvgIpc) is 2.41. The van der Waals surface area contributed by atoms with Crippen LogP contribution in [0.4, 0.5) is 0 Å². The number of hydrogen-bond donors (Lipinski definition) is 0. The van der Waals surface area contributed by atoms with Crippen LogP contribution in [0.25, 0.3) is 0 Å². The number of alkyl halides is 1. The molecule has 2 rings (SSSR count). The second-order valence-electron chi connectivity index (χ2n) is 4.00. The third-order valence-electron chi connectivity index (χ3n) is 2.72. The van der Waals surface area contributed by atoms with Crippen molar-refractivity contribution in [2.24, 2.45) is 0 Å². The Bertz CT molecular complexity index is 569. The zero-order valence-electron chi connectivity index (χ0n) is 10.4. The Morgan fingerprint density at radius 2 is 1.79 bits per heavy atom. The first kappa shape index (κ1) is 15.1. The Kier molecular flexibility index (Phi) is 5.48. The highest BCUT2D eigenvalue weighted by Gasteiger charge is 2.17. The molecule has 0 spiro atoms. The van der Waals surface area contributed by atoms with Crippen molar-refractivity contribution in [3.05, 3.63) is 62.5 Å². The van der Waals surface area contributed by atoms with Gasteiger partial charge in [-0.25, -0.2) is 0 Å². The fourth-order valence-corrected chi connectivity index (χ4v) is 3.81. The van der Waals surface area contributed by atoms with E-state index < -0.39 is 0 Å². The van der Waals surface area contributed by atoms with Gasteiger partial charge in [0.1, 0.15) is 5.75 Å². The molecule has 0 aliphatic rings. The zero-order valence-corrected chi connectivity index (χ0v) is 15.1. The largest absolute Gasteiger partial charge is 0.494 e. The van der Waals surface area contributed by atoms with Gasteiger partial charge in [0.2, 0.25) is 0 Å². The Morgan fingerprint density at radius 3 is 2.47 bits per heavy atom. The molecule has 4 heteroatoms. The summed E-state index contributed by atoms with van der Waals surface area (Å²) < 4.78 is 7.83. The summed E-state index contributed by atoms with van der Waals surface area (Å²) in [7, 11) is 0. The predicted molar refractivity (Wildman–Crippen MR) is 90.2 cm³/mol. The third kappa shape index (κ3) is 3.61. The van der Waals surface area contributed by atoms with Gasteiger partial charge in [-0.15, -0.1) is 0 Å². The predicted octanol–water partition coefficient (Wildman–Crippen LogP) is 6.09. The molecule has 2 aromatic rings. The van der Waals surface area contributed by atoms with Crippen molar-refractivity contribution in [1.82, 2.24) is 0 Å². The summed E-state index contributed by atoms with van der Waals surface area (Å²) in [6, 6.07) is 14.3. The molecule has 0 aromatic heterocycles. The van der Waals surface area contributed by atoms with E-state index >= 15 is 0 Å². The van der Waals surface area contributed by atoms with Crippen LogP contribution >= 0.6 is 47.8 Å². The normalized spacial score (nSPS) is 12.2. The first-order valence-corrected chi connectivity index (χ1v) is 8.44.